The molecular weight excluding hydrogens is 182 g/mol. The second-order valence-electron chi connectivity index (χ2n) is 3.37. The van der Waals surface area contributed by atoms with Crippen LogP contribution in [0.25, 0.3) is 0 Å². The molecule has 13 heavy (non-hydrogen) atoms. The van der Waals surface area contributed by atoms with Crippen molar-refractivity contribution < 1.29 is 0 Å². The van der Waals surface area contributed by atoms with Gasteiger partial charge in [-0.15, -0.1) is 0 Å². The van der Waals surface area contributed by atoms with Crippen molar-refractivity contribution in [3.05, 3.63) is 11.3 Å². The number of aromatic nitrogens is 2. The lowest BCUT2D eigenvalue weighted by Gasteiger charge is -2.10. The van der Waals surface area contributed by atoms with Crippen LogP contribution in [0, 0.1) is 0 Å². The van der Waals surface area contributed by atoms with Gasteiger partial charge in [0.15, 0.2) is 0 Å². The smallest absolute Gasteiger partial charge is 0.132 e. The zero-order valence-corrected chi connectivity index (χ0v) is 8.52. The van der Waals surface area contributed by atoms with Gasteiger partial charge in [0.05, 0.1) is 11.2 Å². The average Bonchev–Trinajstić information content (AvgIpc) is 2.44. The molecule has 0 fully saturated rings. The van der Waals surface area contributed by atoms with Crippen molar-refractivity contribution in [1.82, 2.24) is 9.78 Å². The monoisotopic (exact) mass is 195 g/mol. The molecule has 0 aromatic carbocycles. The van der Waals surface area contributed by atoms with Gasteiger partial charge in [-0.25, -0.2) is 0 Å². The molecule has 1 aliphatic carbocycles. The fourth-order valence-electron chi connectivity index (χ4n) is 1.92. The maximum atomic E-state index is 4.79. The van der Waals surface area contributed by atoms with Gasteiger partial charge in [-0.3, -0.25) is 4.68 Å². The summed E-state index contributed by atoms with van der Waals surface area (Å²) in [5, 5.41) is 7.53. The number of nitrogens with zero attached hydrogens (tertiary/aromatic N) is 2. The van der Waals surface area contributed by atoms with Crippen molar-refractivity contribution >= 4 is 23.5 Å². The number of fused-ring (bicyclic) bond motifs is 1. The van der Waals surface area contributed by atoms with Crippen molar-refractivity contribution in [3.63, 3.8) is 0 Å². The Bertz CT molecular complexity index is 330. The molecule has 0 amide bonds. The maximum Gasteiger partial charge on any atom is 0.132 e. The molecule has 0 saturated heterocycles. The van der Waals surface area contributed by atoms with E-state index in [0.29, 0.717) is 0 Å². The number of rotatable bonds is 2. The van der Waals surface area contributed by atoms with Crippen molar-refractivity contribution in [2.24, 2.45) is 7.05 Å². The molecule has 1 aromatic heterocycles. The third-order valence-electron chi connectivity index (χ3n) is 2.51. The Kier molecular flexibility index (Phi) is 2.31. The van der Waals surface area contributed by atoms with E-state index in [9.17, 15) is 0 Å². The number of thiocarbonyl (C=S) groups is 1. The first-order valence-electron chi connectivity index (χ1n) is 4.58. The Hall–Kier alpha value is -0.900. The predicted molar refractivity (Wildman–Crippen MR) is 57.1 cm³/mol. The minimum atomic E-state index is 1.07. The van der Waals surface area contributed by atoms with E-state index in [-0.39, 0.29) is 0 Å². The van der Waals surface area contributed by atoms with E-state index < -0.39 is 0 Å². The third-order valence-corrected chi connectivity index (χ3v) is 2.63. The van der Waals surface area contributed by atoms with E-state index in [2.05, 4.69) is 10.4 Å². The van der Waals surface area contributed by atoms with E-state index in [1.54, 1.807) is 5.49 Å². The molecule has 70 valence electrons. The van der Waals surface area contributed by atoms with E-state index >= 15 is 0 Å². The van der Waals surface area contributed by atoms with Crippen molar-refractivity contribution in [2.45, 2.75) is 25.7 Å². The average molecular weight is 195 g/mol. The number of aryl methyl sites for hydroxylation is 2. The lowest BCUT2D eigenvalue weighted by Crippen LogP contribution is -2.04. The predicted octanol–water partition coefficient (Wildman–Crippen LogP) is 1.67. The number of anilines is 1. The van der Waals surface area contributed by atoms with E-state index in [4.69, 9.17) is 12.2 Å². The van der Waals surface area contributed by atoms with Crippen LogP contribution >= 0.6 is 12.2 Å². The highest BCUT2D eigenvalue weighted by molar-refractivity contribution is 7.79. The quantitative estimate of drug-likeness (QED) is 0.728. The van der Waals surface area contributed by atoms with Crippen LogP contribution in [-0.2, 0) is 19.9 Å². The van der Waals surface area contributed by atoms with Crippen molar-refractivity contribution in [3.8, 4) is 0 Å². The zero-order valence-electron chi connectivity index (χ0n) is 7.71. The molecule has 1 heterocycles. The molecule has 0 bridgehead atoms. The van der Waals surface area contributed by atoms with Gasteiger partial charge in [0.1, 0.15) is 5.82 Å². The van der Waals surface area contributed by atoms with Crippen molar-refractivity contribution in [1.29, 1.82) is 0 Å². The van der Waals surface area contributed by atoms with Gasteiger partial charge in [0.2, 0.25) is 0 Å². The molecule has 4 heteroatoms. The van der Waals surface area contributed by atoms with E-state index in [1.165, 1.54) is 24.1 Å². The van der Waals surface area contributed by atoms with Gasteiger partial charge in [-0.05, 0) is 25.7 Å². The van der Waals surface area contributed by atoms with Crippen LogP contribution in [0.4, 0.5) is 5.82 Å². The molecule has 1 N–H and O–H groups in total. The molecule has 0 unspecified atom stereocenters. The van der Waals surface area contributed by atoms with Crippen LogP contribution in [0.15, 0.2) is 0 Å². The van der Waals surface area contributed by atoms with Gasteiger partial charge >= 0.3 is 0 Å². The first-order valence-corrected chi connectivity index (χ1v) is 5.05. The van der Waals surface area contributed by atoms with Gasteiger partial charge in [-0.1, -0.05) is 12.2 Å². The largest absolute Gasteiger partial charge is 0.337 e. The highest BCUT2D eigenvalue weighted by Crippen LogP contribution is 2.26. The Morgan fingerprint density at radius 2 is 2.23 bits per heavy atom. The minimum absolute atomic E-state index is 1.07. The van der Waals surface area contributed by atoms with Crippen LogP contribution in [0.3, 0.4) is 0 Å². The summed E-state index contributed by atoms with van der Waals surface area (Å²) in [6.07, 6.45) is 4.78. The van der Waals surface area contributed by atoms with Crippen LogP contribution < -0.4 is 5.32 Å². The Morgan fingerprint density at radius 3 is 3.00 bits per heavy atom. The fraction of sp³-hybridized carbons (Fsp3) is 0.556. The molecule has 0 aliphatic heterocycles. The number of hydrogen-bond acceptors (Lipinski definition) is 2. The molecule has 0 atom stereocenters. The van der Waals surface area contributed by atoms with E-state index in [0.717, 1.165) is 18.7 Å². The summed E-state index contributed by atoms with van der Waals surface area (Å²) in [6, 6.07) is 0. The van der Waals surface area contributed by atoms with Crippen LogP contribution in [0.1, 0.15) is 24.1 Å². The number of hydrogen-bond donors (Lipinski definition) is 1. The van der Waals surface area contributed by atoms with Gasteiger partial charge < -0.3 is 5.32 Å². The molecule has 1 aliphatic rings. The standard InChI is InChI=1S/C9H13N3S/c1-12-9(10-6-13)7-4-2-3-5-8(7)11-12/h6H,2-5H2,1H3,(H,10,13). The third kappa shape index (κ3) is 1.46. The summed E-state index contributed by atoms with van der Waals surface area (Å²) in [5.41, 5.74) is 4.15. The lowest BCUT2D eigenvalue weighted by molar-refractivity contribution is 0.664. The maximum absolute atomic E-state index is 4.79. The summed E-state index contributed by atoms with van der Waals surface area (Å²) in [6.45, 7) is 0. The van der Waals surface area contributed by atoms with Gasteiger partial charge in [0.25, 0.3) is 0 Å². The Labute approximate surface area is 83.1 Å². The first kappa shape index (κ1) is 8.69. The van der Waals surface area contributed by atoms with E-state index in [1.807, 2.05) is 11.7 Å². The molecule has 1 aromatic rings. The fourth-order valence-corrected chi connectivity index (χ4v) is 2.03. The molecular formula is C9H13N3S. The summed E-state index contributed by atoms with van der Waals surface area (Å²) in [5.74, 6) is 1.07. The molecule has 0 radical (unpaired) electrons. The van der Waals surface area contributed by atoms with Crippen LogP contribution in [0.5, 0.6) is 0 Å². The highest BCUT2D eigenvalue weighted by atomic mass is 32.1. The van der Waals surface area contributed by atoms with Gasteiger partial charge in [-0.2, -0.15) is 5.10 Å². The second kappa shape index (κ2) is 3.46. The topological polar surface area (TPSA) is 29.9 Å². The highest BCUT2D eigenvalue weighted by Gasteiger charge is 2.18. The Balaban J connectivity index is 2.41. The summed E-state index contributed by atoms with van der Waals surface area (Å²) >= 11 is 4.79. The number of nitrogens with one attached hydrogen (secondary N) is 1. The summed E-state index contributed by atoms with van der Waals surface area (Å²) in [4.78, 5) is 0. The zero-order chi connectivity index (χ0) is 9.26. The minimum Gasteiger partial charge on any atom is -0.337 e. The molecule has 2 rings (SSSR count). The lowest BCUT2D eigenvalue weighted by atomic mass is 9.98. The SMILES string of the molecule is Cn1nc2c(c1NC=S)CCCC2. The first-order chi connectivity index (χ1) is 6.33. The van der Waals surface area contributed by atoms with Crippen LogP contribution in [-0.4, -0.2) is 15.3 Å². The second-order valence-corrected chi connectivity index (χ2v) is 3.60. The van der Waals surface area contributed by atoms with Gasteiger partial charge in [0, 0.05) is 12.6 Å². The molecule has 3 nitrogen and oxygen atoms in total. The summed E-state index contributed by atoms with van der Waals surface area (Å²) in [7, 11) is 1.96. The van der Waals surface area contributed by atoms with Crippen molar-refractivity contribution in [2.75, 3.05) is 5.32 Å². The summed E-state index contributed by atoms with van der Waals surface area (Å²) < 4.78 is 1.89. The molecule has 0 spiro atoms. The normalized spacial score (nSPS) is 15.2. The molecule has 0 saturated carbocycles. The Morgan fingerprint density at radius 1 is 1.46 bits per heavy atom. The van der Waals surface area contributed by atoms with Crippen LogP contribution in [0.2, 0.25) is 0 Å².